The molecule has 1 aliphatic carbocycles. The summed E-state index contributed by atoms with van der Waals surface area (Å²) < 4.78 is 44.2. The molecule has 2 aromatic heterocycles. The molecule has 2 fully saturated rings. The van der Waals surface area contributed by atoms with E-state index >= 15 is 0 Å². The van der Waals surface area contributed by atoms with E-state index in [9.17, 15) is 27.9 Å². The lowest BCUT2D eigenvalue weighted by Crippen LogP contribution is -2.50. The zero-order chi connectivity index (χ0) is 27.7. The van der Waals surface area contributed by atoms with Gasteiger partial charge in [0.25, 0.3) is 0 Å². The number of aliphatic hydroxyl groups is 1. The molecule has 0 bridgehead atoms. The molecule has 1 saturated heterocycles. The van der Waals surface area contributed by atoms with Gasteiger partial charge in [-0.05, 0) is 24.3 Å². The van der Waals surface area contributed by atoms with Gasteiger partial charge in [-0.1, -0.05) is 26.0 Å². The van der Waals surface area contributed by atoms with E-state index in [-0.39, 0.29) is 31.2 Å². The van der Waals surface area contributed by atoms with Crippen LogP contribution in [-0.2, 0) is 16.1 Å². The first-order chi connectivity index (χ1) is 17.8. The number of nitrogens with one attached hydrogen (secondary N) is 1. The SMILES string of the molecule is CC(C)(C)[C@@H](C(=O)N1C[C@H](O)C[C@H]1C(=O)NCc1ccncc1OCCC(F)(F)F)n1cc(C2CC2)nn1. The predicted molar refractivity (Wildman–Crippen MR) is 129 cm³/mol. The van der Waals surface area contributed by atoms with E-state index in [1.54, 1.807) is 10.9 Å². The third-order valence-corrected chi connectivity index (χ3v) is 6.67. The van der Waals surface area contributed by atoms with E-state index in [4.69, 9.17) is 4.74 Å². The van der Waals surface area contributed by atoms with E-state index < -0.39 is 48.7 Å². The van der Waals surface area contributed by atoms with Gasteiger partial charge in [0.2, 0.25) is 11.8 Å². The van der Waals surface area contributed by atoms with Crippen LogP contribution < -0.4 is 10.1 Å². The van der Waals surface area contributed by atoms with E-state index in [1.807, 2.05) is 20.8 Å². The monoisotopic (exact) mass is 538 g/mol. The molecular weight excluding hydrogens is 505 g/mol. The summed E-state index contributed by atoms with van der Waals surface area (Å²) in [7, 11) is 0. The molecule has 208 valence electrons. The first-order valence-electron chi connectivity index (χ1n) is 12.6. The van der Waals surface area contributed by atoms with Gasteiger partial charge in [-0.3, -0.25) is 14.6 Å². The smallest absolute Gasteiger partial charge is 0.392 e. The molecular formula is C25H33F3N6O4. The van der Waals surface area contributed by atoms with Crippen LogP contribution in [0.2, 0.25) is 0 Å². The Kier molecular flexibility index (Phi) is 7.96. The molecule has 0 spiro atoms. The average molecular weight is 539 g/mol. The number of amides is 2. The number of rotatable bonds is 9. The van der Waals surface area contributed by atoms with Crippen molar-refractivity contribution in [3.8, 4) is 5.75 Å². The third-order valence-electron chi connectivity index (χ3n) is 6.67. The average Bonchev–Trinajstić information content (AvgIpc) is 3.43. The van der Waals surface area contributed by atoms with Crippen molar-refractivity contribution in [3.63, 3.8) is 0 Å². The highest BCUT2D eigenvalue weighted by Gasteiger charge is 2.45. The van der Waals surface area contributed by atoms with Gasteiger partial charge in [0.15, 0.2) is 0 Å². The zero-order valence-electron chi connectivity index (χ0n) is 21.6. The molecule has 2 amide bonds. The maximum Gasteiger partial charge on any atom is 0.392 e. The number of halogens is 3. The summed E-state index contributed by atoms with van der Waals surface area (Å²) in [4.78, 5) is 32.2. The van der Waals surface area contributed by atoms with Crippen LogP contribution in [-0.4, -0.2) is 73.3 Å². The van der Waals surface area contributed by atoms with Crippen LogP contribution in [0.3, 0.4) is 0 Å². The normalized spacial score (nSPS) is 20.9. The lowest BCUT2D eigenvalue weighted by molar-refractivity contribution is -0.144. The van der Waals surface area contributed by atoms with Crippen LogP contribution in [0.5, 0.6) is 5.75 Å². The molecule has 4 rings (SSSR count). The lowest BCUT2D eigenvalue weighted by atomic mass is 9.85. The Hall–Kier alpha value is -3.22. The van der Waals surface area contributed by atoms with Gasteiger partial charge in [-0.15, -0.1) is 5.10 Å². The molecule has 38 heavy (non-hydrogen) atoms. The molecule has 0 unspecified atom stereocenters. The number of likely N-dealkylation sites (tertiary alicyclic amines) is 1. The molecule has 0 aromatic carbocycles. The fourth-order valence-corrected chi connectivity index (χ4v) is 4.59. The minimum atomic E-state index is -4.35. The van der Waals surface area contributed by atoms with Gasteiger partial charge < -0.3 is 20.1 Å². The first-order valence-corrected chi connectivity index (χ1v) is 12.6. The number of carbonyl (C=O) groups excluding carboxylic acids is 2. The second kappa shape index (κ2) is 10.9. The molecule has 1 saturated carbocycles. The van der Waals surface area contributed by atoms with Crippen molar-refractivity contribution >= 4 is 11.8 Å². The summed E-state index contributed by atoms with van der Waals surface area (Å²) in [6.07, 6.45) is 0.307. The van der Waals surface area contributed by atoms with Crippen LogP contribution in [0.25, 0.3) is 0 Å². The largest absolute Gasteiger partial charge is 0.491 e. The fraction of sp³-hybridized carbons (Fsp3) is 0.640. The zero-order valence-corrected chi connectivity index (χ0v) is 21.6. The van der Waals surface area contributed by atoms with Crippen LogP contribution >= 0.6 is 0 Å². The Balaban J connectivity index is 1.45. The summed E-state index contributed by atoms with van der Waals surface area (Å²) >= 11 is 0. The second-order valence-electron chi connectivity index (χ2n) is 11.0. The van der Waals surface area contributed by atoms with Gasteiger partial charge in [-0.2, -0.15) is 13.2 Å². The van der Waals surface area contributed by atoms with Gasteiger partial charge >= 0.3 is 6.18 Å². The predicted octanol–water partition coefficient (Wildman–Crippen LogP) is 2.75. The van der Waals surface area contributed by atoms with E-state index in [2.05, 4.69) is 20.6 Å². The van der Waals surface area contributed by atoms with Crippen molar-refractivity contribution < 1.29 is 32.6 Å². The van der Waals surface area contributed by atoms with Gasteiger partial charge in [0.05, 0.1) is 31.0 Å². The standard InChI is InChI=1S/C25H33F3N6O4/c1-24(2,3)21(34-14-18(31-32-34)15-4-5-15)23(37)33-13-17(35)10-19(33)22(36)30-11-16-6-8-29-12-20(16)38-9-7-25(26,27)28/h6,8,12,14-15,17,19,21,35H,4-5,7,9-11,13H2,1-3H3,(H,30,36)/t17-,19+,21-/m1/s1. The van der Waals surface area contributed by atoms with Gasteiger partial charge in [0, 0.05) is 43.4 Å². The highest BCUT2D eigenvalue weighted by atomic mass is 19.4. The summed E-state index contributed by atoms with van der Waals surface area (Å²) in [6, 6.07) is -0.130. The van der Waals surface area contributed by atoms with Gasteiger partial charge in [-0.25, -0.2) is 4.68 Å². The summed E-state index contributed by atoms with van der Waals surface area (Å²) in [5.74, 6) is -0.344. The number of pyridine rings is 1. The number of carbonyl (C=O) groups is 2. The molecule has 13 heteroatoms. The molecule has 2 aromatic rings. The van der Waals surface area contributed by atoms with E-state index in [0.29, 0.717) is 11.5 Å². The minimum absolute atomic E-state index is 0.00522. The fourth-order valence-electron chi connectivity index (χ4n) is 4.59. The molecule has 2 aliphatic rings. The number of alkyl halides is 3. The van der Waals surface area contributed by atoms with Crippen molar-refractivity contribution in [1.82, 2.24) is 30.2 Å². The topological polar surface area (TPSA) is 122 Å². The molecule has 3 heterocycles. The van der Waals surface area contributed by atoms with Crippen molar-refractivity contribution in [1.29, 1.82) is 0 Å². The Bertz CT molecular complexity index is 1140. The van der Waals surface area contributed by atoms with E-state index in [1.165, 1.54) is 23.4 Å². The summed E-state index contributed by atoms with van der Waals surface area (Å²) in [5, 5.41) is 21.5. The van der Waals surface area contributed by atoms with Crippen molar-refractivity contribution in [2.75, 3.05) is 13.2 Å². The maximum absolute atomic E-state index is 13.8. The Labute approximate surface area is 218 Å². The Morgan fingerprint density at radius 3 is 2.66 bits per heavy atom. The quantitative estimate of drug-likeness (QED) is 0.503. The second-order valence-corrected chi connectivity index (χ2v) is 11.0. The highest BCUT2D eigenvalue weighted by molar-refractivity contribution is 5.90. The number of ether oxygens (including phenoxy) is 1. The van der Waals surface area contributed by atoms with E-state index in [0.717, 1.165) is 18.5 Å². The summed E-state index contributed by atoms with van der Waals surface area (Å²) in [5.41, 5.74) is 0.725. The van der Waals surface area contributed by atoms with Crippen molar-refractivity contribution in [3.05, 3.63) is 35.9 Å². The number of β-amino-alcohol motifs (C(OH)–C–C–N with tert-alkyl or cyclic N) is 1. The highest BCUT2D eigenvalue weighted by Crippen LogP contribution is 2.40. The number of nitrogens with zero attached hydrogens (tertiary/aromatic N) is 5. The Morgan fingerprint density at radius 1 is 1.26 bits per heavy atom. The minimum Gasteiger partial charge on any atom is -0.491 e. The molecule has 1 aliphatic heterocycles. The molecule has 0 radical (unpaired) electrons. The number of aliphatic hydroxyl groups excluding tert-OH is 1. The number of hydrogen-bond acceptors (Lipinski definition) is 7. The number of hydrogen-bond donors (Lipinski definition) is 2. The van der Waals surface area contributed by atoms with Crippen LogP contribution in [0.1, 0.15) is 69.7 Å². The van der Waals surface area contributed by atoms with Crippen LogP contribution in [0.4, 0.5) is 13.2 Å². The third kappa shape index (κ3) is 6.80. The van der Waals surface area contributed by atoms with Gasteiger partial charge in [0.1, 0.15) is 17.8 Å². The number of aromatic nitrogens is 4. The van der Waals surface area contributed by atoms with Crippen LogP contribution in [0, 0.1) is 5.41 Å². The lowest BCUT2D eigenvalue weighted by Gasteiger charge is -2.34. The first kappa shape index (κ1) is 27.8. The van der Waals surface area contributed by atoms with Crippen molar-refractivity contribution in [2.45, 2.75) is 83.3 Å². The molecule has 3 atom stereocenters. The Morgan fingerprint density at radius 2 is 2.00 bits per heavy atom. The van der Waals surface area contributed by atoms with Crippen LogP contribution in [0.15, 0.2) is 24.7 Å². The maximum atomic E-state index is 13.8. The van der Waals surface area contributed by atoms with Crippen molar-refractivity contribution in [2.24, 2.45) is 5.41 Å². The molecule has 10 nitrogen and oxygen atoms in total. The summed E-state index contributed by atoms with van der Waals surface area (Å²) in [6.45, 7) is 5.08. The molecule has 2 N–H and O–H groups in total.